The molecule has 108 valence electrons. The number of benzene rings is 1. The van der Waals surface area contributed by atoms with Crippen molar-refractivity contribution in [3.63, 3.8) is 0 Å². The van der Waals surface area contributed by atoms with E-state index in [4.69, 9.17) is 0 Å². The second-order valence-electron chi connectivity index (χ2n) is 5.63. The molecule has 0 unspecified atom stereocenters. The van der Waals surface area contributed by atoms with E-state index < -0.39 is 0 Å². The van der Waals surface area contributed by atoms with E-state index in [1.165, 1.54) is 0 Å². The van der Waals surface area contributed by atoms with Crippen LogP contribution in [0, 0.1) is 0 Å². The molecule has 0 radical (unpaired) electrons. The zero-order valence-corrected chi connectivity index (χ0v) is 12.3. The van der Waals surface area contributed by atoms with Gasteiger partial charge in [0.1, 0.15) is 5.69 Å². The highest BCUT2D eigenvalue weighted by Crippen LogP contribution is 2.33. The molecule has 2 heterocycles. The average molecular weight is 289 g/mol. The molecule has 0 saturated heterocycles. The lowest BCUT2D eigenvalue weighted by atomic mass is 9.96. The van der Waals surface area contributed by atoms with Crippen LogP contribution in [0.2, 0.25) is 0 Å². The SMILES string of the molecule is O=C1CCCc2c1cc(-c1ccccc1)n2-c1ccc[nH+]c1. The normalized spacial score (nSPS) is 13.9. The zero-order valence-electron chi connectivity index (χ0n) is 12.3. The van der Waals surface area contributed by atoms with Crippen LogP contribution in [0.5, 0.6) is 0 Å². The van der Waals surface area contributed by atoms with Gasteiger partial charge in [0.05, 0.1) is 5.69 Å². The van der Waals surface area contributed by atoms with Crippen molar-refractivity contribution in [3.05, 3.63) is 72.2 Å². The molecule has 0 fully saturated rings. The van der Waals surface area contributed by atoms with E-state index in [0.29, 0.717) is 6.42 Å². The monoisotopic (exact) mass is 289 g/mol. The van der Waals surface area contributed by atoms with Crippen LogP contribution in [0.3, 0.4) is 0 Å². The number of aromatic nitrogens is 2. The van der Waals surface area contributed by atoms with Crippen molar-refractivity contribution in [2.45, 2.75) is 19.3 Å². The smallest absolute Gasteiger partial charge is 0.191 e. The summed E-state index contributed by atoms with van der Waals surface area (Å²) in [5, 5.41) is 0. The molecule has 1 aromatic carbocycles. The van der Waals surface area contributed by atoms with Gasteiger partial charge in [-0.2, -0.15) is 0 Å². The molecule has 1 aliphatic carbocycles. The first-order chi connectivity index (χ1) is 10.8. The van der Waals surface area contributed by atoms with Gasteiger partial charge >= 0.3 is 0 Å². The summed E-state index contributed by atoms with van der Waals surface area (Å²) < 4.78 is 2.22. The quantitative estimate of drug-likeness (QED) is 0.711. The first kappa shape index (κ1) is 13.0. The van der Waals surface area contributed by atoms with Crippen molar-refractivity contribution in [1.82, 2.24) is 4.57 Å². The number of aromatic amines is 1. The fourth-order valence-electron chi connectivity index (χ4n) is 3.23. The lowest BCUT2D eigenvalue weighted by molar-refractivity contribution is -0.377. The van der Waals surface area contributed by atoms with Gasteiger partial charge in [-0.15, -0.1) is 0 Å². The minimum Gasteiger partial charge on any atom is -0.308 e. The Kier molecular flexibility index (Phi) is 3.11. The maximum absolute atomic E-state index is 12.3. The van der Waals surface area contributed by atoms with Crippen LogP contribution in [0.4, 0.5) is 0 Å². The third-order valence-corrected chi connectivity index (χ3v) is 4.24. The van der Waals surface area contributed by atoms with Gasteiger partial charge < -0.3 is 4.57 Å². The second kappa shape index (κ2) is 5.26. The fraction of sp³-hybridized carbons (Fsp3) is 0.158. The number of H-pyrrole nitrogens is 1. The Morgan fingerprint density at radius 1 is 1.00 bits per heavy atom. The lowest BCUT2D eigenvalue weighted by Crippen LogP contribution is -2.13. The number of carbonyl (C=O) groups is 1. The maximum atomic E-state index is 12.3. The van der Waals surface area contributed by atoms with Crippen molar-refractivity contribution < 1.29 is 9.78 Å². The summed E-state index contributed by atoms with van der Waals surface area (Å²) in [6, 6.07) is 16.4. The zero-order chi connectivity index (χ0) is 14.9. The van der Waals surface area contributed by atoms with Crippen molar-refractivity contribution in [2.75, 3.05) is 0 Å². The molecule has 0 aliphatic heterocycles. The first-order valence-electron chi connectivity index (χ1n) is 7.64. The molecule has 0 bridgehead atoms. The number of nitrogens with zero attached hydrogens (tertiary/aromatic N) is 1. The average Bonchev–Trinajstić information content (AvgIpc) is 2.97. The highest BCUT2D eigenvalue weighted by molar-refractivity contribution is 6.00. The number of ketones is 1. The van der Waals surface area contributed by atoms with Gasteiger partial charge in [-0.25, -0.2) is 4.98 Å². The first-order valence-corrected chi connectivity index (χ1v) is 7.64. The third kappa shape index (κ3) is 2.06. The molecule has 0 atom stereocenters. The fourth-order valence-corrected chi connectivity index (χ4v) is 3.23. The predicted molar refractivity (Wildman–Crippen MR) is 85.0 cm³/mol. The molecule has 3 aromatic rings. The minimum absolute atomic E-state index is 0.261. The van der Waals surface area contributed by atoms with Crippen molar-refractivity contribution in [3.8, 4) is 16.9 Å². The number of carbonyl (C=O) groups excluding carboxylic acids is 1. The maximum Gasteiger partial charge on any atom is 0.191 e. The molecule has 1 N–H and O–H groups in total. The number of Topliss-reactive ketones (excluding diaryl/α,β-unsaturated/α-hetero) is 1. The van der Waals surface area contributed by atoms with Crippen LogP contribution < -0.4 is 4.98 Å². The molecule has 2 aromatic heterocycles. The molecule has 4 rings (SSSR count). The Morgan fingerprint density at radius 2 is 1.86 bits per heavy atom. The summed E-state index contributed by atoms with van der Waals surface area (Å²) in [4.78, 5) is 15.4. The number of pyridine rings is 1. The summed E-state index contributed by atoms with van der Waals surface area (Å²) in [5.41, 5.74) is 5.30. The molecular formula is C19H17N2O+. The predicted octanol–water partition coefficient (Wildman–Crippen LogP) is 3.48. The number of hydrogen-bond acceptors (Lipinski definition) is 1. The number of rotatable bonds is 2. The summed E-state index contributed by atoms with van der Waals surface area (Å²) >= 11 is 0. The lowest BCUT2D eigenvalue weighted by Gasteiger charge is -2.15. The van der Waals surface area contributed by atoms with E-state index in [1.807, 2.05) is 36.7 Å². The van der Waals surface area contributed by atoms with Gasteiger partial charge in [-0.3, -0.25) is 4.79 Å². The van der Waals surface area contributed by atoms with E-state index >= 15 is 0 Å². The Morgan fingerprint density at radius 3 is 2.64 bits per heavy atom. The van der Waals surface area contributed by atoms with E-state index in [2.05, 4.69) is 33.8 Å². The molecule has 0 amide bonds. The van der Waals surface area contributed by atoms with Crippen LogP contribution in [0.15, 0.2) is 60.9 Å². The van der Waals surface area contributed by atoms with E-state index in [9.17, 15) is 4.79 Å². The van der Waals surface area contributed by atoms with Crippen LogP contribution in [-0.4, -0.2) is 10.4 Å². The molecule has 3 heteroatoms. The molecule has 0 spiro atoms. The van der Waals surface area contributed by atoms with Gasteiger partial charge in [0.2, 0.25) is 0 Å². The van der Waals surface area contributed by atoms with Gasteiger partial charge in [0.25, 0.3) is 0 Å². The third-order valence-electron chi connectivity index (χ3n) is 4.24. The van der Waals surface area contributed by atoms with Gasteiger partial charge in [0, 0.05) is 23.7 Å². The number of hydrogen-bond donors (Lipinski definition) is 0. The van der Waals surface area contributed by atoms with Crippen molar-refractivity contribution >= 4 is 5.78 Å². The Labute approximate surface area is 129 Å². The number of fused-ring (bicyclic) bond motifs is 1. The summed E-state index contributed by atoms with van der Waals surface area (Å²) in [6.45, 7) is 0. The second-order valence-corrected chi connectivity index (χ2v) is 5.63. The molecule has 1 aliphatic rings. The van der Waals surface area contributed by atoms with Crippen LogP contribution in [-0.2, 0) is 6.42 Å². The molecule has 3 nitrogen and oxygen atoms in total. The van der Waals surface area contributed by atoms with Crippen molar-refractivity contribution in [2.24, 2.45) is 0 Å². The summed E-state index contributed by atoms with van der Waals surface area (Å²) in [6.07, 6.45) is 6.41. The van der Waals surface area contributed by atoms with E-state index in [-0.39, 0.29) is 5.78 Å². The topological polar surface area (TPSA) is 36.1 Å². The minimum atomic E-state index is 0.261. The molecule has 22 heavy (non-hydrogen) atoms. The van der Waals surface area contributed by atoms with Gasteiger partial charge in [0.15, 0.2) is 18.2 Å². The molecule has 0 saturated carbocycles. The Bertz CT molecular complexity index is 819. The highest BCUT2D eigenvalue weighted by atomic mass is 16.1. The Balaban J connectivity index is 2.00. The van der Waals surface area contributed by atoms with Crippen LogP contribution in [0.25, 0.3) is 16.9 Å². The van der Waals surface area contributed by atoms with Crippen LogP contribution >= 0.6 is 0 Å². The largest absolute Gasteiger partial charge is 0.308 e. The van der Waals surface area contributed by atoms with E-state index in [1.54, 1.807) is 0 Å². The van der Waals surface area contributed by atoms with Crippen molar-refractivity contribution in [1.29, 1.82) is 0 Å². The highest BCUT2D eigenvalue weighted by Gasteiger charge is 2.25. The summed E-state index contributed by atoms with van der Waals surface area (Å²) in [5.74, 6) is 0.261. The van der Waals surface area contributed by atoms with Crippen LogP contribution in [0.1, 0.15) is 28.9 Å². The van der Waals surface area contributed by atoms with Gasteiger partial charge in [-0.1, -0.05) is 30.3 Å². The summed E-state index contributed by atoms with van der Waals surface area (Å²) in [7, 11) is 0. The number of nitrogens with one attached hydrogen (secondary N) is 1. The van der Waals surface area contributed by atoms with Gasteiger partial charge in [-0.05, 0) is 30.5 Å². The standard InChI is InChI=1S/C19H16N2O/c22-19-10-4-9-17-16(19)12-18(14-6-2-1-3-7-14)21(17)15-8-5-11-20-13-15/h1-3,5-8,11-13H,4,9-10H2/p+1. The Hall–Kier alpha value is -2.68. The van der Waals surface area contributed by atoms with E-state index in [0.717, 1.165) is 41.0 Å². The molecular weight excluding hydrogens is 272 g/mol.